The highest BCUT2D eigenvalue weighted by molar-refractivity contribution is 4.74. The number of nitrogens with zero attached hydrogens (tertiary/aromatic N) is 2. The van der Waals surface area contributed by atoms with Crippen LogP contribution in [0, 0.1) is 11.8 Å². The molecule has 0 spiro atoms. The summed E-state index contributed by atoms with van der Waals surface area (Å²) in [5.74, 6) is 1.73. The maximum atomic E-state index is 5.94. The number of ether oxygens (including phenoxy) is 1. The third kappa shape index (κ3) is 5.34. The molecule has 2 aliphatic heterocycles. The van der Waals surface area contributed by atoms with E-state index >= 15 is 0 Å². The second-order valence-corrected chi connectivity index (χ2v) is 7.17. The van der Waals surface area contributed by atoms with Crippen molar-refractivity contribution in [3.8, 4) is 0 Å². The molecule has 3 heteroatoms. The average Bonchev–Trinajstić information content (AvgIpc) is 2.46. The predicted molar refractivity (Wildman–Crippen MR) is 85.1 cm³/mol. The van der Waals surface area contributed by atoms with Crippen LogP contribution < -0.4 is 0 Å². The van der Waals surface area contributed by atoms with Crippen LogP contribution in [0.5, 0.6) is 0 Å². The van der Waals surface area contributed by atoms with Gasteiger partial charge in [-0.2, -0.15) is 0 Å². The number of likely N-dealkylation sites (tertiary alicyclic amines) is 2. The van der Waals surface area contributed by atoms with Gasteiger partial charge in [0.2, 0.25) is 0 Å². The van der Waals surface area contributed by atoms with E-state index in [-0.39, 0.29) is 0 Å². The second kappa shape index (κ2) is 8.35. The minimum absolute atomic E-state index is 0.707. The van der Waals surface area contributed by atoms with Gasteiger partial charge in [-0.3, -0.25) is 0 Å². The van der Waals surface area contributed by atoms with E-state index in [2.05, 4.69) is 30.6 Å². The first kappa shape index (κ1) is 16.3. The van der Waals surface area contributed by atoms with Crippen molar-refractivity contribution in [2.24, 2.45) is 11.8 Å². The first-order valence-electron chi connectivity index (χ1n) is 8.69. The van der Waals surface area contributed by atoms with Gasteiger partial charge in [0.25, 0.3) is 0 Å². The van der Waals surface area contributed by atoms with Gasteiger partial charge in [0.1, 0.15) is 0 Å². The molecule has 0 aromatic rings. The third-order valence-corrected chi connectivity index (χ3v) is 5.16. The Hall–Kier alpha value is -0.120. The van der Waals surface area contributed by atoms with Crippen LogP contribution in [-0.2, 0) is 4.74 Å². The fourth-order valence-corrected chi connectivity index (χ4v) is 3.37. The molecule has 2 heterocycles. The zero-order valence-corrected chi connectivity index (χ0v) is 13.8. The van der Waals surface area contributed by atoms with Crippen molar-refractivity contribution in [2.45, 2.75) is 52.5 Å². The average molecular weight is 282 g/mol. The highest BCUT2D eigenvalue weighted by Gasteiger charge is 2.21. The van der Waals surface area contributed by atoms with E-state index in [4.69, 9.17) is 4.74 Å². The van der Waals surface area contributed by atoms with Crippen LogP contribution in [0.25, 0.3) is 0 Å². The molecule has 0 saturated carbocycles. The summed E-state index contributed by atoms with van der Waals surface area (Å²) in [5, 5.41) is 0. The molecule has 20 heavy (non-hydrogen) atoms. The molecule has 2 rings (SSSR count). The monoisotopic (exact) mass is 282 g/mol. The summed E-state index contributed by atoms with van der Waals surface area (Å²) in [5.41, 5.74) is 0. The number of hydrogen-bond acceptors (Lipinski definition) is 3. The molecule has 2 aliphatic rings. The highest BCUT2D eigenvalue weighted by Crippen LogP contribution is 2.19. The summed E-state index contributed by atoms with van der Waals surface area (Å²) in [6.07, 6.45) is 5.38. The molecule has 2 fully saturated rings. The largest absolute Gasteiger partial charge is 0.380 e. The normalized spacial score (nSPS) is 24.6. The molecule has 0 aromatic heterocycles. The van der Waals surface area contributed by atoms with Crippen molar-refractivity contribution in [3.05, 3.63) is 0 Å². The summed E-state index contributed by atoms with van der Waals surface area (Å²) >= 11 is 0. The van der Waals surface area contributed by atoms with E-state index in [0.717, 1.165) is 31.6 Å². The van der Waals surface area contributed by atoms with Gasteiger partial charge in [0.15, 0.2) is 0 Å². The summed E-state index contributed by atoms with van der Waals surface area (Å²) in [6, 6.07) is 0.707. The van der Waals surface area contributed by atoms with Crippen LogP contribution in [0.1, 0.15) is 46.5 Å². The van der Waals surface area contributed by atoms with Gasteiger partial charge < -0.3 is 14.5 Å². The fraction of sp³-hybridized carbons (Fsp3) is 1.00. The molecule has 0 radical (unpaired) electrons. The Labute approximate surface area is 125 Å². The van der Waals surface area contributed by atoms with Crippen LogP contribution in [0.3, 0.4) is 0 Å². The lowest BCUT2D eigenvalue weighted by molar-refractivity contribution is 0.0434. The Kier molecular flexibility index (Phi) is 6.79. The van der Waals surface area contributed by atoms with E-state index in [1.165, 1.54) is 51.9 Å². The van der Waals surface area contributed by atoms with Crippen molar-refractivity contribution in [2.75, 3.05) is 45.9 Å². The first-order chi connectivity index (χ1) is 9.65. The van der Waals surface area contributed by atoms with Gasteiger partial charge in [-0.05, 0) is 77.5 Å². The molecule has 0 bridgehead atoms. The predicted octanol–water partition coefficient (Wildman–Crippen LogP) is 2.86. The molecule has 0 aromatic carbocycles. The standard InChI is InChI=1S/C17H34N2O/c1-15(2)19-10-6-17(7-11-19)14-20-13-12-18-8-4-16(3)5-9-18/h15-17H,4-14H2,1-3H3. The molecular formula is C17H34N2O. The van der Waals surface area contributed by atoms with Crippen LogP contribution >= 0.6 is 0 Å². The van der Waals surface area contributed by atoms with Crippen molar-refractivity contribution in [1.82, 2.24) is 9.80 Å². The molecule has 118 valence electrons. The Bertz CT molecular complexity index is 254. The number of rotatable bonds is 6. The van der Waals surface area contributed by atoms with Crippen LogP contribution in [0.2, 0.25) is 0 Å². The summed E-state index contributed by atoms with van der Waals surface area (Å²) in [6.45, 7) is 15.1. The maximum Gasteiger partial charge on any atom is 0.0593 e. The summed E-state index contributed by atoms with van der Waals surface area (Å²) in [7, 11) is 0. The van der Waals surface area contributed by atoms with Crippen LogP contribution in [0.15, 0.2) is 0 Å². The lowest BCUT2D eigenvalue weighted by atomic mass is 9.97. The Morgan fingerprint density at radius 2 is 1.65 bits per heavy atom. The molecular weight excluding hydrogens is 248 g/mol. The fourth-order valence-electron chi connectivity index (χ4n) is 3.37. The summed E-state index contributed by atoms with van der Waals surface area (Å²) in [4.78, 5) is 5.16. The SMILES string of the molecule is CC1CCN(CCOCC2CCN(C(C)C)CC2)CC1. The van der Waals surface area contributed by atoms with Crippen molar-refractivity contribution >= 4 is 0 Å². The van der Waals surface area contributed by atoms with E-state index in [1.807, 2.05) is 0 Å². The lowest BCUT2D eigenvalue weighted by Gasteiger charge is -2.34. The maximum absolute atomic E-state index is 5.94. The Morgan fingerprint density at radius 1 is 1.00 bits per heavy atom. The zero-order valence-electron chi connectivity index (χ0n) is 13.8. The highest BCUT2D eigenvalue weighted by atomic mass is 16.5. The van der Waals surface area contributed by atoms with E-state index < -0.39 is 0 Å². The topological polar surface area (TPSA) is 15.7 Å². The molecule has 0 amide bonds. The number of hydrogen-bond donors (Lipinski definition) is 0. The van der Waals surface area contributed by atoms with E-state index in [1.54, 1.807) is 0 Å². The van der Waals surface area contributed by atoms with E-state index in [0.29, 0.717) is 6.04 Å². The van der Waals surface area contributed by atoms with Crippen LogP contribution in [0.4, 0.5) is 0 Å². The van der Waals surface area contributed by atoms with Gasteiger partial charge in [0.05, 0.1) is 6.61 Å². The molecule has 0 atom stereocenters. The van der Waals surface area contributed by atoms with Gasteiger partial charge in [-0.1, -0.05) is 6.92 Å². The zero-order chi connectivity index (χ0) is 14.4. The quantitative estimate of drug-likeness (QED) is 0.697. The van der Waals surface area contributed by atoms with Gasteiger partial charge >= 0.3 is 0 Å². The minimum atomic E-state index is 0.707. The number of piperidine rings is 2. The first-order valence-corrected chi connectivity index (χ1v) is 8.69. The molecule has 0 unspecified atom stereocenters. The Morgan fingerprint density at radius 3 is 2.25 bits per heavy atom. The van der Waals surface area contributed by atoms with Gasteiger partial charge in [-0.25, -0.2) is 0 Å². The molecule has 0 aliphatic carbocycles. The minimum Gasteiger partial charge on any atom is -0.380 e. The van der Waals surface area contributed by atoms with E-state index in [9.17, 15) is 0 Å². The Balaban J connectivity index is 1.49. The second-order valence-electron chi connectivity index (χ2n) is 7.17. The molecule has 2 saturated heterocycles. The third-order valence-electron chi connectivity index (χ3n) is 5.16. The molecule has 3 nitrogen and oxygen atoms in total. The summed E-state index contributed by atoms with van der Waals surface area (Å²) < 4.78 is 5.94. The van der Waals surface area contributed by atoms with Crippen molar-refractivity contribution < 1.29 is 4.74 Å². The van der Waals surface area contributed by atoms with Crippen molar-refractivity contribution in [3.63, 3.8) is 0 Å². The smallest absolute Gasteiger partial charge is 0.0593 e. The van der Waals surface area contributed by atoms with Gasteiger partial charge in [0, 0.05) is 19.2 Å². The lowest BCUT2D eigenvalue weighted by Crippen LogP contribution is -2.39. The van der Waals surface area contributed by atoms with Crippen molar-refractivity contribution in [1.29, 1.82) is 0 Å². The van der Waals surface area contributed by atoms with Crippen LogP contribution in [-0.4, -0.2) is 61.8 Å². The molecule has 0 N–H and O–H groups in total. The van der Waals surface area contributed by atoms with Gasteiger partial charge in [-0.15, -0.1) is 0 Å².